The Morgan fingerprint density at radius 2 is 2.22 bits per heavy atom. The number of carbonyl (C=O) groups is 1. The maximum atomic E-state index is 12.6. The van der Waals surface area contributed by atoms with Crippen LogP contribution in [0.3, 0.4) is 0 Å². The fourth-order valence-electron chi connectivity index (χ4n) is 1.64. The number of halogens is 3. The molecule has 23 heavy (non-hydrogen) atoms. The van der Waals surface area contributed by atoms with E-state index in [1.54, 1.807) is 5.38 Å². The fraction of sp³-hybridized carbons (Fsp3) is 0.286. The van der Waals surface area contributed by atoms with E-state index in [1.807, 2.05) is 0 Å². The van der Waals surface area contributed by atoms with Crippen molar-refractivity contribution in [2.75, 3.05) is 13.2 Å². The first-order chi connectivity index (χ1) is 10.9. The van der Waals surface area contributed by atoms with E-state index in [1.165, 1.54) is 29.0 Å². The van der Waals surface area contributed by atoms with Gasteiger partial charge >= 0.3 is 6.18 Å². The van der Waals surface area contributed by atoms with Gasteiger partial charge in [0, 0.05) is 11.9 Å². The van der Waals surface area contributed by atoms with Crippen molar-refractivity contribution in [1.82, 2.24) is 10.3 Å². The SMILES string of the molecule is O=C(NCC(O)COc1cccc(C(F)(F)F)c1)c1cscn1. The van der Waals surface area contributed by atoms with Crippen molar-refractivity contribution in [3.05, 3.63) is 46.4 Å². The molecule has 0 aliphatic heterocycles. The van der Waals surface area contributed by atoms with Gasteiger partial charge in [-0.05, 0) is 18.2 Å². The molecule has 124 valence electrons. The zero-order chi connectivity index (χ0) is 16.9. The van der Waals surface area contributed by atoms with Gasteiger partial charge in [0.05, 0.1) is 11.1 Å². The zero-order valence-corrected chi connectivity index (χ0v) is 12.5. The summed E-state index contributed by atoms with van der Waals surface area (Å²) in [4.78, 5) is 15.4. The molecular formula is C14H13F3N2O3S. The first kappa shape index (κ1) is 17.2. The summed E-state index contributed by atoms with van der Waals surface area (Å²) in [6.45, 7) is -0.353. The molecule has 0 saturated carbocycles. The van der Waals surface area contributed by atoms with Gasteiger partial charge in [-0.1, -0.05) is 6.07 Å². The summed E-state index contributed by atoms with van der Waals surface area (Å²) in [7, 11) is 0. The van der Waals surface area contributed by atoms with Crippen LogP contribution in [-0.4, -0.2) is 35.3 Å². The summed E-state index contributed by atoms with van der Waals surface area (Å²) in [5, 5.41) is 13.7. The molecule has 2 aromatic rings. The molecule has 1 amide bonds. The number of nitrogens with one attached hydrogen (secondary N) is 1. The Hall–Kier alpha value is -2.13. The second kappa shape index (κ2) is 7.42. The van der Waals surface area contributed by atoms with E-state index >= 15 is 0 Å². The molecule has 0 saturated heterocycles. The Morgan fingerprint density at radius 1 is 1.43 bits per heavy atom. The van der Waals surface area contributed by atoms with E-state index in [9.17, 15) is 23.1 Å². The molecule has 0 bridgehead atoms. The van der Waals surface area contributed by atoms with Crippen LogP contribution in [0.25, 0.3) is 0 Å². The minimum absolute atomic E-state index is 0.00953. The molecule has 9 heteroatoms. The number of benzene rings is 1. The Kier molecular flexibility index (Phi) is 5.56. The Morgan fingerprint density at radius 3 is 2.87 bits per heavy atom. The number of nitrogens with zero attached hydrogens (tertiary/aromatic N) is 1. The van der Waals surface area contributed by atoms with Crippen LogP contribution in [0.4, 0.5) is 13.2 Å². The van der Waals surface area contributed by atoms with Crippen LogP contribution in [0, 0.1) is 0 Å². The number of ether oxygens (including phenoxy) is 1. The van der Waals surface area contributed by atoms with Crippen molar-refractivity contribution in [2.24, 2.45) is 0 Å². The minimum Gasteiger partial charge on any atom is -0.491 e. The molecular weight excluding hydrogens is 333 g/mol. The van der Waals surface area contributed by atoms with Crippen molar-refractivity contribution in [2.45, 2.75) is 12.3 Å². The van der Waals surface area contributed by atoms with Crippen molar-refractivity contribution >= 4 is 17.2 Å². The molecule has 1 aromatic heterocycles. The first-order valence-electron chi connectivity index (χ1n) is 6.51. The van der Waals surface area contributed by atoms with Crippen LogP contribution in [0.2, 0.25) is 0 Å². The van der Waals surface area contributed by atoms with Crippen LogP contribution in [0.5, 0.6) is 5.75 Å². The number of hydrogen-bond acceptors (Lipinski definition) is 5. The molecule has 1 atom stereocenters. The number of aliphatic hydroxyl groups is 1. The quantitative estimate of drug-likeness (QED) is 0.842. The monoisotopic (exact) mass is 346 g/mol. The van der Waals surface area contributed by atoms with Gasteiger partial charge in [0.1, 0.15) is 24.2 Å². The maximum Gasteiger partial charge on any atom is 0.416 e. The van der Waals surface area contributed by atoms with Gasteiger partial charge in [-0.3, -0.25) is 4.79 Å². The van der Waals surface area contributed by atoms with E-state index in [0.29, 0.717) is 0 Å². The second-order valence-electron chi connectivity index (χ2n) is 4.57. The number of amides is 1. The molecule has 5 nitrogen and oxygen atoms in total. The summed E-state index contributed by atoms with van der Waals surface area (Å²) in [5.74, 6) is -0.450. The molecule has 0 fully saturated rings. The summed E-state index contributed by atoms with van der Waals surface area (Å²) in [6, 6.07) is 4.35. The minimum atomic E-state index is -4.46. The molecule has 1 unspecified atom stereocenters. The van der Waals surface area contributed by atoms with Crippen LogP contribution in [-0.2, 0) is 6.18 Å². The van der Waals surface area contributed by atoms with E-state index in [4.69, 9.17) is 4.74 Å². The normalized spacial score (nSPS) is 12.7. The lowest BCUT2D eigenvalue weighted by molar-refractivity contribution is -0.137. The lowest BCUT2D eigenvalue weighted by atomic mass is 10.2. The number of aromatic nitrogens is 1. The zero-order valence-electron chi connectivity index (χ0n) is 11.7. The lowest BCUT2D eigenvalue weighted by Crippen LogP contribution is -2.35. The summed E-state index contributed by atoms with van der Waals surface area (Å²) >= 11 is 1.26. The third-order valence-electron chi connectivity index (χ3n) is 2.77. The van der Waals surface area contributed by atoms with Gasteiger partial charge in [-0.2, -0.15) is 13.2 Å². The molecule has 0 radical (unpaired) electrons. The molecule has 1 heterocycles. The van der Waals surface area contributed by atoms with Gasteiger partial charge in [0.25, 0.3) is 5.91 Å². The number of rotatable bonds is 6. The first-order valence-corrected chi connectivity index (χ1v) is 7.45. The third kappa shape index (κ3) is 5.22. The highest BCUT2D eigenvalue weighted by atomic mass is 32.1. The predicted molar refractivity (Wildman–Crippen MR) is 77.4 cm³/mol. The Labute approximate surface area is 133 Å². The molecule has 0 spiro atoms. The van der Waals surface area contributed by atoms with Crippen molar-refractivity contribution in [3.8, 4) is 5.75 Å². The van der Waals surface area contributed by atoms with E-state index < -0.39 is 23.8 Å². The Balaban J connectivity index is 1.80. The molecule has 2 rings (SSSR count). The largest absolute Gasteiger partial charge is 0.491 e. The number of alkyl halides is 3. The number of thiazole rings is 1. The molecule has 0 aliphatic carbocycles. The van der Waals surface area contributed by atoms with Crippen LogP contribution >= 0.6 is 11.3 Å². The molecule has 2 N–H and O–H groups in total. The van der Waals surface area contributed by atoms with Crippen molar-refractivity contribution in [1.29, 1.82) is 0 Å². The topological polar surface area (TPSA) is 71.5 Å². The van der Waals surface area contributed by atoms with Gasteiger partial charge in [-0.25, -0.2) is 4.98 Å². The smallest absolute Gasteiger partial charge is 0.416 e. The average molecular weight is 346 g/mol. The maximum absolute atomic E-state index is 12.6. The van der Waals surface area contributed by atoms with E-state index in [-0.39, 0.29) is 24.6 Å². The van der Waals surface area contributed by atoms with E-state index in [0.717, 1.165) is 12.1 Å². The van der Waals surface area contributed by atoms with Gasteiger partial charge < -0.3 is 15.2 Å². The molecule has 0 aliphatic rings. The molecule has 1 aromatic carbocycles. The van der Waals surface area contributed by atoms with Crippen molar-refractivity contribution in [3.63, 3.8) is 0 Å². The summed E-state index contributed by atoms with van der Waals surface area (Å²) < 4.78 is 42.8. The fourth-order valence-corrected chi connectivity index (χ4v) is 2.17. The van der Waals surface area contributed by atoms with E-state index in [2.05, 4.69) is 10.3 Å². The van der Waals surface area contributed by atoms with Crippen LogP contribution < -0.4 is 10.1 Å². The number of carbonyl (C=O) groups excluding carboxylic acids is 1. The highest BCUT2D eigenvalue weighted by molar-refractivity contribution is 7.07. The second-order valence-corrected chi connectivity index (χ2v) is 5.29. The van der Waals surface area contributed by atoms with Crippen LogP contribution in [0.1, 0.15) is 16.1 Å². The standard InChI is InChI=1S/C14H13F3N2O3S/c15-14(16,17)9-2-1-3-11(4-9)22-6-10(20)5-18-13(21)12-7-23-8-19-12/h1-4,7-8,10,20H,5-6H2,(H,18,21). The summed E-state index contributed by atoms with van der Waals surface area (Å²) in [6.07, 6.45) is -5.52. The average Bonchev–Trinajstić information content (AvgIpc) is 3.04. The van der Waals surface area contributed by atoms with Crippen molar-refractivity contribution < 1.29 is 27.8 Å². The highest BCUT2D eigenvalue weighted by Crippen LogP contribution is 2.31. The lowest BCUT2D eigenvalue weighted by Gasteiger charge is -2.14. The van der Waals surface area contributed by atoms with Crippen LogP contribution in [0.15, 0.2) is 35.2 Å². The van der Waals surface area contributed by atoms with Gasteiger partial charge in [-0.15, -0.1) is 11.3 Å². The highest BCUT2D eigenvalue weighted by Gasteiger charge is 2.30. The number of hydrogen-bond donors (Lipinski definition) is 2. The van der Waals surface area contributed by atoms with Gasteiger partial charge in [0.15, 0.2) is 0 Å². The Bertz CT molecular complexity index is 647. The summed E-state index contributed by atoms with van der Waals surface area (Å²) in [5.41, 5.74) is 0.907. The third-order valence-corrected chi connectivity index (χ3v) is 3.35. The predicted octanol–water partition coefficient (Wildman–Crippen LogP) is 2.33. The number of aliphatic hydroxyl groups excluding tert-OH is 1. The van der Waals surface area contributed by atoms with Gasteiger partial charge in [0.2, 0.25) is 0 Å².